The fourth-order valence-corrected chi connectivity index (χ4v) is 3.93. The number of aryl methyl sites for hydroxylation is 2. The van der Waals surface area contributed by atoms with Crippen LogP contribution in [0, 0.1) is 13.8 Å². The third-order valence-electron chi connectivity index (χ3n) is 4.53. The molecule has 2 aromatic carbocycles. The Bertz CT molecular complexity index is 1210. The summed E-state index contributed by atoms with van der Waals surface area (Å²) in [5, 5.41) is 12.5. The van der Waals surface area contributed by atoms with Gasteiger partial charge in [0.1, 0.15) is 17.4 Å². The maximum Gasteiger partial charge on any atom is 0.232 e. The van der Waals surface area contributed by atoms with Gasteiger partial charge in [-0.3, -0.25) is 4.57 Å². The monoisotopic (exact) mass is 434 g/mol. The zero-order valence-corrected chi connectivity index (χ0v) is 18.2. The molecule has 158 valence electrons. The van der Waals surface area contributed by atoms with E-state index < -0.39 is 0 Å². The Morgan fingerprint density at radius 2 is 1.77 bits per heavy atom. The van der Waals surface area contributed by atoms with Crippen LogP contribution in [0.5, 0.6) is 5.75 Å². The average molecular weight is 435 g/mol. The number of aromatic nitrogens is 6. The number of hydrogen-bond donors (Lipinski definition) is 2. The summed E-state index contributed by atoms with van der Waals surface area (Å²) in [6, 6.07) is 15.6. The first-order valence-corrected chi connectivity index (χ1v) is 10.5. The van der Waals surface area contributed by atoms with E-state index in [1.165, 1.54) is 11.8 Å². The van der Waals surface area contributed by atoms with Crippen molar-refractivity contribution in [2.45, 2.75) is 24.8 Å². The largest absolute Gasteiger partial charge is 0.495 e. The Balaban J connectivity index is 1.56. The molecule has 0 saturated heterocycles. The minimum atomic E-state index is 0.138. The Kier molecular flexibility index (Phi) is 5.99. The molecule has 0 fully saturated rings. The summed E-state index contributed by atoms with van der Waals surface area (Å²) in [5.74, 6) is 2.97. The second-order valence-electron chi connectivity index (χ2n) is 6.70. The van der Waals surface area contributed by atoms with Gasteiger partial charge < -0.3 is 15.8 Å². The molecule has 31 heavy (non-hydrogen) atoms. The van der Waals surface area contributed by atoms with E-state index in [0.29, 0.717) is 23.3 Å². The number of anilines is 3. The summed E-state index contributed by atoms with van der Waals surface area (Å²) < 4.78 is 7.39. The SMILES string of the molecule is COc1ccccc1Nc1nc(N)nc(CSc2nnc(C)n2-c2ccccc2C)n1. The van der Waals surface area contributed by atoms with Crippen LogP contribution in [0.4, 0.5) is 17.6 Å². The van der Waals surface area contributed by atoms with Crippen molar-refractivity contribution in [3.05, 3.63) is 65.7 Å². The molecular weight excluding hydrogens is 412 g/mol. The van der Waals surface area contributed by atoms with E-state index >= 15 is 0 Å². The molecule has 4 aromatic rings. The molecular formula is C21H22N8OS. The van der Waals surface area contributed by atoms with Crippen molar-refractivity contribution in [1.82, 2.24) is 29.7 Å². The van der Waals surface area contributed by atoms with Crippen LogP contribution in [0.15, 0.2) is 53.7 Å². The lowest BCUT2D eigenvalue weighted by Gasteiger charge is -2.12. The highest BCUT2D eigenvalue weighted by Crippen LogP contribution is 2.28. The van der Waals surface area contributed by atoms with Crippen LogP contribution in [0.25, 0.3) is 5.69 Å². The minimum Gasteiger partial charge on any atom is -0.495 e. The van der Waals surface area contributed by atoms with Crippen molar-refractivity contribution in [1.29, 1.82) is 0 Å². The van der Waals surface area contributed by atoms with Crippen LogP contribution in [-0.4, -0.2) is 36.8 Å². The van der Waals surface area contributed by atoms with Crippen molar-refractivity contribution >= 4 is 29.3 Å². The minimum absolute atomic E-state index is 0.138. The number of nitrogens with zero attached hydrogens (tertiary/aromatic N) is 6. The topological polar surface area (TPSA) is 117 Å². The van der Waals surface area contributed by atoms with Gasteiger partial charge in [-0.1, -0.05) is 42.1 Å². The highest BCUT2D eigenvalue weighted by Gasteiger charge is 2.15. The summed E-state index contributed by atoms with van der Waals surface area (Å²) in [5.41, 5.74) is 8.84. The lowest BCUT2D eigenvalue weighted by atomic mass is 10.2. The maximum atomic E-state index is 5.92. The van der Waals surface area contributed by atoms with Gasteiger partial charge in [-0.2, -0.15) is 15.0 Å². The predicted octanol–water partition coefficient (Wildman–Crippen LogP) is 3.70. The number of methoxy groups -OCH3 is 1. The third kappa shape index (κ3) is 4.58. The van der Waals surface area contributed by atoms with Crippen molar-refractivity contribution in [3.63, 3.8) is 0 Å². The molecule has 0 aliphatic heterocycles. The standard InChI is InChI=1S/C21H22N8OS/c1-13-8-4-6-10-16(13)29-14(2)27-28-21(29)31-12-18-24-19(22)26-20(25-18)23-15-9-5-7-11-17(15)30-3/h4-11H,12H2,1-3H3,(H3,22,23,24,25,26). The van der Waals surface area contributed by atoms with E-state index in [1.54, 1.807) is 7.11 Å². The number of para-hydroxylation sites is 3. The van der Waals surface area contributed by atoms with Gasteiger partial charge in [0, 0.05) is 0 Å². The number of thioether (sulfide) groups is 1. The molecule has 0 aliphatic carbocycles. The van der Waals surface area contributed by atoms with Crippen molar-refractivity contribution < 1.29 is 4.74 Å². The second kappa shape index (κ2) is 9.00. The molecule has 2 aromatic heterocycles. The van der Waals surface area contributed by atoms with E-state index in [1.807, 2.05) is 54.0 Å². The summed E-state index contributed by atoms with van der Waals surface area (Å²) >= 11 is 1.48. The normalized spacial score (nSPS) is 10.8. The number of nitrogens with two attached hydrogens (primary N) is 1. The predicted molar refractivity (Wildman–Crippen MR) is 121 cm³/mol. The molecule has 0 aliphatic rings. The molecule has 0 radical (unpaired) electrons. The van der Waals surface area contributed by atoms with E-state index in [2.05, 4.69) is 43.5 Å². The van der Waals surface area contributed by atoms with Crippen LogP contribution in [0.2, 0.25) is 0 Å². The van der Waals surface area contributed by atoms with Crippen LogP contribution in [-0.2, 0) is 5.75 Å². The Morgan fingerprint density at radius 1 is 1.00 bits per heavy atom. The first-order valence-electron chi connectivity index (χ1n) is 9.56. The van der Waals surface area contributed by atoms with Crippen molar-refractivity contribution in [3.8, 4) is 11.4 Å². The Morgan fingerprint density at radius 3 is 2.58 bits per heavy atom. The highest BCUT2D eigenvalue weighted by molar-refractivity contribution is 7.98. The van der Waals surface area contributed by atoms with Gasteiger partial charge in [-0.25, -0.2) is 0 Å². The molecule has 10 heteroatoms. The van der Waals surface area contributed by atoms with E-state index in [9.17, 15) is 0 Å². The molecule has 4 rings (SSSR count). The van der Waals surface area contributed by atoms with Gasteiger partial charge >= 0.3 is 0 Å². The van der Waals surface area contributed by atoms with Gasteiger partial charge in [0.25, 0.3) is 0 Å². The Labute approximate surface area is 184 Å². The number of ether oxygens (including phenoxy) is 1. The summed E-state index contributed by atoms with van der Waals surface area (Å²) in [4.78, 5) is 13.0. The maximum absolute atomic E-state index is 5.92. The van der Waals surface area contributed by atoms with E-state index in [-0.39, 0.29) is 5.95 Å². The Hall–Kier alpha value is -3.66. The van der Waals surface area contributed by atoms with Gasteiger partial charge in [-0.05, 0) is 37.6 Å². The van der Waals surface area contributed by atoms with Gasteiger partial charge in [0.05, 0.1) is 24.2 Å². The molecule has 0 atom stereocenters. The number of nitrogens with one attached hydrogen (secondary N) is 1. The fourth-order valence-electron chi connectivity index (χ4n) is 3.08. The zero-order valence-electron chi connectivity index (χ0n) is 17.4. The quantitative estimate of drug-likeness (QED) is 0.420. The van der Waals surface area contributed by atoms with Crippen LogP contribution in [0.1, 0.15) is 17.2 Å². The second-order valence-corrected chi connectivity index (χ2v) is 7.64. The highest BCUT2D eigenvalue weighted by atomic mass is 32.2. The van der Waals surface area contributed by atoms with E-state index in [0.717, 1.165) is 27.9 Å². The van der Waals surface area contributed by atoms with Crippen LogP contribution >= 0.6 is 11.8 Å². The summed E-state index contributed by atoms with van der Waals surface area (Å²) in [6.45, 7) is 3.99. The number of rotatable bonds is 7. The summed E-state index contributed by atoms with van der Waals surface area (Å²) in [7, 11) is 1.61. The average Bonchev–Trinajstić information content (AvgIpc) is 3.13. The van der Waals surface area contributed by atoms with Crippen LogP contribution < -0.4 is 15.8 Å². The van der Waals surface area contributed by atoms with Crippen molar-refractivity contribution in [2.24, 2.45) is 0 Å². The molecule has 3 N–H and O–H groups in total. The van der Waals surface area contributed by atoms with Gasteiger partial charge in [0.2, 0.25) is 11.9 Å². The fraction of sp³-hybridized carbons (Fsp3) is 0.190. The zero-order chi connectivity index (χ0) is 21.8. The molecule has 9 nitrogen and oxygen atoms in total. The molecule has 2 heterocycles. The number of benzene rings is 2. The van der Waals surface area contributed by atoms with E-state index in [4.69, 9.17) is 10.5 Å². The third-order valence-corrected chi connectivity index (χ3v) is 5.46. The molecule has 0 spiro atoms. The van der Waals surface area contributed by atoms with Gasteiger partial charge in [0.15, 0.2) is 5.16 Å². The first-order chi connectivity index (χ1) is 15.0. The molecule has 0 unspecified atom stereocenters. The first kappa shape index (κ1) is 20.6. The van der Waals surface area contributed by atoms with Crippen LogP contribution in [0.3, 0.4) is 0 Å². The molecule has 0 amide bonds. The van der Waals surface area contributed by atoms with Gasteiger partial charge in [-0.15, -0.1) is 10.2 Å². The number of hydrogen-bond acceptors (Lipinski definition) is 9. The van der Waals surface area contributed by atoms with Crippen molar-refractivity contribution in [2.75, 3.05) is 18.2 Å². The lowest BCUT2D eigenvalue weighted by molar-refractivity contribution is 0.417. The molecule has 0 bridgehead atoms. The molecule has 0 saturated carbocycles. The smallest absolute Gasteiger partial charge is 0.232 e. The summed E-state index contributed by atoms with van der Waals surface area (Å²) in [6.07, 6.45) is 0. The lowest BCUT2D eigenvalue weighted by Crippen LogP contribution is -2.07. The number of nitrogen functional groups attached to an aromatic ring is 1.